The molecule has 102 valence electrons. The Morgan fingerprint density at radius 2 is 1.50 bits per heavy atom. The first-order valence-electron chi connectivity index (χ1n) is 5.68. The molecule has 0 aliphatic rings. The van der Waals surface area contributed by atoms with Crippen molar-refractivity contribution in [2.24, 2.45) is 0 Å². The van der Waals surface area contributed by atoms with Gasteiger partial charge in [-0.3, -0.25) is 9.59 Å². The van der Waals surface area contributed by atoms with E-state index >= 15 is 0 Å². The van der Waals surface area contributed by atoms with E-state index in [1.165, 1.54) is 12.1 Å². The van der Waals surface area contributed by atoms with Gasteiger partial charge in [-0.1, -0.05) is 41.4 Å². The number of para-hydroxylation sites is 1. The van der Waals surface area contributed by atoms with Crippen LogP contribution >= 0.6 is 23.2 Å². The smallest absolute Gasteiger partial charge is 0.314 e. The normalized spacial score (nSPS) is 9.90. The van der Waals surface area contributed by atoms with Gasteiger partial charge in [0.25, 0.3) is 0 Å². The molecule has 0 bridgehead atoms. The highest BCUT2D eigenvalue weighted by Gasteiger charge is 2.15. The quantitative estimate of drug-likeness (QED) is 0.833. The summed E-state index contributed by atoms with van der Waals surface area (Å²) >= 11 is 11.7. The lowest BCUT2D eigenvalue weighted by molar-refractivity contribution is -0.132. The molecule has 0 spiro atoms. The number of halogens is 2. The second-order valence-electron chi connectivity index (χ2n) is 3.90. The number of carbonyl (C=O) groups is 2. The van der Waals surface area contributed by atoms with Crippen molar-refractivity contribution in [3.8, 4) is 0 Å². The standard InChI is InChI=1S/C14H10Cl2N2O2/c15-9-6-7-12(11(16)8-9)18-14(20)13(19)17-10-4-2-1-3-5-10/h1-8H,(H,17,19)(H,18,20). The molecular weight excluding hydrogens is 299 g/mol. The first-order valence-corrected chi connectivity index (χ1v) is 6.44. The van der Waals surface area contributed by atoms with Crippen LogP contribution in [0.4, 0.5) is 11.4 Å². The van der Waals surface area contributed by atoms with E-state index in [2.05, 4.69) is 10.6 Å². The zero-order valence-corrected chi connectivity index (χ0v) is 11.7. The predicted molar refractivity (Wildman–Crippen MR) is 80.2 cm³/mol. The summed E-state index contributed by atoms with van der Waals surface area (Å²) in [7, 11) is 0. The first kappa shape index (κ1) is 14.4. The summed E-state index contributed by atoms with van der Waals surface area (Å²) in [5.74, 6) is -1.58. The van der Waals surface area contributed by atoms with Crippen LogP contribution in [0.25, 0.3) is 0 Å². The van der Waals surface area contributed by atoms with Gasteiger partial charge in [-0.2, -0.15) is 0 Å². The van der Waals surface area contributed by atoms with Gasteiger partial charge in [-0.15, -0.1) is 0 Å². The van der Waals surface area contributed by atoms with Gasteiger partial charge in [0.15, 0.2) is 0 Å². The van der Waals surface area contributed by atoms with Gasteiger partial charge in [0.05, 0.1) is 10.7 Å². The minimum absolute atomic E-state index is 0.262. The van der Waals surface area contributed by atoms with E-state index in [1.54, 1.807) is 30.3 Å². The molecule has 2 aromatic rings. The number of hydrogen-bond acceptors (Lipinski definition) is 2. The third-order valence-corrected chi connectivity index (χ3v) is 2.97. The van der Waals surface area contributed by atoms with Crippen molar-refractivity contribution in [1.29, 1.82) is 0 Å². The molecule has 0 atom stereocenters. The topological polar surface area (TPSA) is 58.2 Å². The third kappa shape index (κ3) is 3.73. The fraction of sp³-hybridized carbons (Fsp3) is 0. The molecule has 2 aromatic carbocycles. The number of carbonyl (C=O) groups excluding carboxylic acids is 2. The number of nitrogens with one attached hydrogen (secondary N) is 2. The average Bonchev–Trinajstić information content (AvgIpc) is 2.43. The molecule has 2 rings (SSSR count). The molecule has 0 aliphatic heterocycles. The molecule has 0 aliphatic carbocycles. The molecule has 0 fully saturated rings. The number of hydrogen-bond donors (Lipinski definition) is 2. The summed E-state index contributed by atoms with van der Waals surface area (Å²) in [4.78, 5) is 23.4. The van der Waals surface area contributed by atoms with Crippen LogP contribution < -0.4 is 10.6 Å². The second kappa shape index (κ2) is 6.41. The van der Waals surface area contributed by atoms with Crippen molar-refractivity contribution in [2.45, 2.75) is 0 Å². The van der Waals surface area contributed by atoms with E-state index in [-0.39, 0.29) is 5.02 Å². The van der Waals surface area contributed by atoms with Gasteiger partial charge in [-0.25, -0.2) is 0 Å². The maximum Gasteiger partial charge on any atom is 0.314 e. The van der Waals surface area contributed by atoms with Crippen molar-refractivity contribution in [2.75, 3.05) is 10.6 Å². The summed E-state index contributed by atoms with van der Waals surface area (Å²) in [6.45, 7) is 0. The Bertz CT molecular complexity index is 645. The number of benzene rings is 2. The van der Waals surface area contributed by atoms with Crippen molar-refractivity contribution in [3.05, 3.63) is 58.6 Å². The van der Waals surface area contributed by atoms with E-state index in [4.69, 9.17) is 23.2 Å². The van der Waals surface area contributed by atoms with E-state index in [0.717, 1.165) is 0 Å². The molecule has 4 nitrogen and oxygen atoms in total. The molecule has 0 saturated heterocycles. The average molecular weight is 309 g/mol. The molecule has 2 amide bonds. The highest BCUT2D eigenvalue weighted by molar-refractivity contribution is 6.45. The Balaban J connectivity index is 2.03. The Morgan fingerprint density at radius 1 is 0.850 bits per heavy atom. The monoisotopic (exact) mass is 308 g/mol. The molecule has 0 heterocycles. The predicted octanol–water partition coefficient (Wildman–Crippen LogP) is 3.57. The molecule has 6 heteroatoms. The zero-order valence-electron chi connectivity index (χ0n) is 10.2. The molecule has 20 heavy (non-hydrogen) atoms. The number of amides is 2. The Hall–Kier alpha value is -2.04. The van der Waals surface area contributed by atoms with Crippen molar-refractivity contribution >= 4 is 46.4 Å². The Kier molecular flexibility index (Phi) is 4.61. The van der Waals surface area contributed by atoms with Crippen LogP contribution in [0, 0.1) is 0 Å². The SMILES string of the molecule is O=C(Nc1ccccc1)C(=O)Nc1ccc(Cl)cc1Cl. The summed E-state index contributed by atoms with van der Waals surface area (Å²) in [5, 5.41) is 5.60. The van der Waals surface area contributed by atoms with Gasteiger partial charge < -0.3 is 10.6 Å². The first-order chi connectivity index (χ1) is 9.56. The fourth-order valence-corrected chi connectivity index (χ4v) is 1.94. The highest BCUT2D eigenvalue weighted by atomic mass is 35.5. The molecule has 2 N–H and O–H groups in total. The van der Waals surface area contributed by atoms with E-state index < -0.39 is 11.8 Å². The van der Waals surface area contributed by atoms with Crippen LogP contribution in [0.1, 0.15) is 0 Å². The van der Waals surface area contributed by atoms with Gasteiger partial charge in [0, 0.05) is 10.7 Å². The van der Waals surface area contributed by atoms with Gasteiger partial charge in [0.2, 0.25) is 0 Å². The lowest BCUT2D eigenvalue weighted by atomic mass is 10.3. The third-order valence-electron chi connectivity index (χ3n) is 2.42. The lowest BCUT2D eigenvalue weighted by Gasteiger charge is -2.08. The maximum absolute atomic E-state index is 11.7. The summed E-state index contributed by atoms with van der Waals surface area (Å²) in [6, 6.07) is 13.3. The van der Waals surface area contributed by atoms with Gasteiger partial charge >= 0.3 is 11.8 Å². The van der Waals surface area contributed by atoms with Gasteiger partial charge in [0.1, 0.15) is 0 Å². The summed E-state index contributed by atoms with van der Waals surface area (Å²) < 4.78 is 0. The number of rotatable bonds is 2. The second-order valence-corrected chi connectivity index (χ2v) is 4.74. The minimum Gasteiger partial charge on any atom is -0.318 e. The summed E-state index contributed by atoms with van der Waals surface area (Å²) in [5.41, 5.74) is 0.860. The summed E-state index contributed by atoms with van der Waals surface area (Å²) in [6.07, 6.45) is 0. The van der Waals surface area contributed by atoms with Crippen molar-refractivity contribution in [3.63, 3.8) is 0 Å². The molecular formula is C14H10Cl2N2O2. The maximum atomic E-state index is 11.7. The Morgan fingerprint density at radius 3 is 2.15 bits per heavy atom. The van der Waals surface area contributed by atoms with E-state index in [0.29, 0.717) is 16.4 Å². The fourth-order valence-electron chi connectivity index (χ4n) is 1.48. The van der Waals surface area contributed by atoms with E-state index in [9.17, 15) is 9.59 Å². The highest BCUT2D eigenvalue weighted by Crippen LogP contribution is 2.25. The lowest BCUT2D eigenvalue weighted by Crippen LogP contribution is -2.29. The van der Waals surface area contributed by atoms with Crippen LogP contribution in [0.5, 0.6) is 0 Å². The van der Waals surface area contributed by atoms with Crippen molar-refractivity contribution in [1.82, 2.24) is 0 Å². The number of anilines is 2. The van der Waals surface area contributed by atoms with Gasteiger partial charge in [-0.05, 0) is 30.3 Å². The minimum atomic E-state index is -0.807. The Labute approximate surface area is 125 Å². The molecule has 0 aromatic heterocycles. The molecule has 0 radical (unpaired) electrons. The van der Waals surface area contributed by atoms with E-state index in [1.807, 2.05) is 6.07 Å². The largest absolute Gasteiger partial charge is 0.318 e. The zero-order chi connectivity index (χ0) is 14.5. The van der Waals surface area contributed by atoms with Crippen LogP contribution in [-0.2, 0) is 9.59 Å². The molecule has 0 unspecified atom stereocenters. The van der Waals surface area contributed by atoms with Crippen LogP contribution in [0.15, 0.2) is 48.5 Å². The molecule has 0 saturated carbocycles. The van der Waals surface area contributed by atoms with Crippen molar-refractivity contribution < 1.29 is 9.59 Å². The van der Waals surface area contributed by atoms with Crippen LogP contribution in [0.2, 0.25) is 10.0 Å². The van der Waals surface area contributed by atoms with Crippen LogP contribution in [-0.4, -0.2) is 11.8 Å². The van der Waals surface area contributed by atoms with Crippen LogP contribution in [0.3, 0.4) is 0 Å².